The summed E-state index contributed by atoms with van der Waals surface area (Å²) in [6, 6.07) is 3.43. The van der Waals surface area contributed by atoms with E-state index >= 15 is 0 Å². The van der Waals surface area contributed by atoms with E-state index in [0.717, 1.165) is 0 Å². The Hall–Kier alpha value is -2.22. The normalized spacial score (nSPS) is 10.3. The minimum absolute atomic E-state index is 0.217. The lowest BCUT2D eigenvalue weighted by atomic mass is 10.3. The highest BCUT2D eigenvalue weighted by molar-refractivity contribution is 6.31. The Balaban J connectivity index is 2.24. The van der Waals surface area contributed by atoms with Crippen molar-refractivity contribution in [3.8, 4) is 0 Å². The Morgan fingerprint density at radius 2 is 2.33 bits per heavy atom. The third kappa shape index (κ3) is 2.54. The molecule has 0 unspecified atom stereocenters. The molecule has 0 radical (unpaired) electrons. The highest BCUT2D eigenvalue weighted by Crippen LogP contribution is 2.17. The van der Waals surface area contributed by atoms with Crippen LogP contribution in [-0.4, -0.2) is 31.7 Å². The third-order valence-electron chi connectivity index (χ3n) is 2.17. The molecule has 0 aliphatic rings. The quantitative estimate of drug-likeness (QED) is 0.663. The van der Waals surface area contributed by atoms with E-state index in [2.05, 4.69) is 20.4 Å². The van der Waals surface area contributed by atoms with Gasteiger partial charge in [0.2, 0.25) is 6.33 Å². The van der Waals surface area contributed by atoms with Crippen molar-refractivity contribution in [2.75, 3.05) is 12.4 Å². The summed E-state index contributed by atoms with van der Waals surface area (Å²) in [6.07, 6.45) is 1.27. The predicted molar refractivity (Wildman–Crippen MR) is 64.6 cm³/mol. The zero-order chi connectivity index (χ0) is 13.1. The van der Waals surface area contributed by atoms with Gasteiger partial charge >= 0.3 is 5.95 Å². The van der Waals surface area contributed by atoms with Crippen LogP contribution in [0.2, 0.25) is 5.02 Å². The Bertz CT molecular complexity index is 584. The van der Waals surface area contributed by atoms with E-state index in [4.69, 9.17) is 11.6 Å². The molecule has 0 aliphatic heterocycles. The summed E-state index contributed by atoms with van der Waals surface area (Å²) in [4.78, 5) is 17.6. The highest BCUT2D eigenvalue weighted by atomic mass is 35.5. The molecule has 2 aromatic heterocycles. The molecule has 0 aromatic carbocycles. The monoisotopic (exact) mass is 268 g/mol. The van der Waals surface area contributed by atoms with Crippen LogP contribution in [0.5, 0.6) is 0 Å². The molecule has 0 atom stereocenters. The topological polar surface area (TPSA) is 98.8 Å². The summed E-state index contributed by atoms with van der Waals surface area (Å²) in [5.41, 5.74) is 0.559. The van der Waals surface area contributed by atoms with Crippen molar-refractivity contribution in [1.29, 1.82) is 0 Å². The molecule has 18 heavy (non-hydrogen) atoms. The van der Waals surface area contributed by atoms with Crippen molar-refractivity contribution in [3.05, 3.63) is 39.3 Å². The maximum absolute atomic E-state index is 10.4. The fraction of sp³-hybridized carbons (Fsp3) is 0.222. The summed E-state index contributed by atoms with van der Waals surface area (Å²) < 4.78 is 1.31. The molecule has 0 saturated carbocycles. The number of anilines is 1. The molecule has 2 aromatic rings. The smallest absolute Gasteiger partial charge is 0.390 e. The van der Waals surface area contributed by atoms with Gasteiger partial charge in [-0.3, -0.25) is 0 Å². The average Bonchev–Trinajstić information content (AvgIpc) is 2.81. The maximum atomic E-state index is 10.4. The maximum Gasteiger partial charge on any atom is 0.490 e. The summed E-state index contributed by atoms with van der Waals surface area (Å²) in [5, 5.41) is 17.5. The van der Waals surface area contributed by atoms with E-state index in [-0.39, 0.29) is 6.54 Å². The molecule has 94 valence electrons. The van der Waals surface area contributed by atoms with E-state index in [1.54, 1.807) is 19.2 Å². The number of nitrogens with one attached hydrogen (secondary N) is 1. The van der Waals surface area contributed by atoms with Crippen molar-refractivity contribution in [2.24, 2.45) is 0 Å². The molecule has 9 heteroatoms. The number of hydrogen-bond acceptors (Lipinski definition) is 6. The fourth-order valence-electron chi connectivity index (χ4n) is 1.33. The van der Waals surface area contributed by atoms with Gasteiger partial charge in [-0.2, -0.15) is 4.68 Å². The van der Waals surface area contributed by atoms with Crippen molar-refractivity contribution >= 4 is 23.4 Å². The van der Waals surface area contributed by atoms with Gasteiger partial charge in [0.15, 0.2) is 0 Å². The molecule has 1 N–H and O–H groups in total. The first-order valence-corrected chi connectivity index (χ1v) is 5.35. The van der Waals surface area contributed by atoms with E-state index in [1.165, 1.54) is 11.0 Å². The molecule has 0 saturated heterocycles. The van der Waals surface area contributed by atoms with Crippen molar-refractivity contribution in [2.45, 2.75) is 6.54 Å². The van der Waals surface area contributed by atoms with Gasteiger partial charge in [-0.15, -0.1) is 0 Å². The number of nitro groups is 1. The zero-order valence-corrected chi connectivity index (χ0v) is 10.1. The van der Waals surface area contributed by atoms with Gasteiger partial charge in [0, 0.05) is 12.1 Å². The first-order chi connectivity index (χ1) is 8.60. The first-order valence-electron chi connectivity index (χ1n) is 4.97. The zero-order valence-electron chi connectivity index (χ0n) is 9.37. The van der Waals surface area contributed by atoms with Crippen LogP contribution in [0.1, 0.15) is 5.69 Å². The third-order valence-corrected chi connectivity index (χ3v) is 2.52. The summed E-state index contributed by atoms with van der Waals surface area (Å²) in [6.45, 7) is 0.217. The Labute approximate surface area is 107 Å². The van der Waals surface area contributed by atoms with Crippen LogP contribution in [-0.2, 0) is 6.54 Å². The Morgan fingerprint density at radius 3 is 2.94 bits per heavy atom. The van der Waals surface area contributed by atoms with Crippen LogP contribution >= 0.6 is 11.6 Å². The number of rotatable bonds is 4. The molecule has 0 bridgehead atoms. The minimum atomic E-state index is -0.657. The van der Waals surface area contributed by atoms with Gasteiger partial charge in [0.25, 0.3) is 0 Å². The van der Waals surface area contributed by atoms with Gasteiger partial charge < -0.3 is 15.4 Å². The molecule has 2 heterocycles. The summed E-state index contributed by atoms with van der Waals surface area (Å²) in [7, 11) is 1.74. The second kappa shape index (κ2) is 4.96. The van der Waals surface area contributed by atoms with Crippen molar-refractivity contribution in [1.82, 2.24) is 19.7 Å². The van der Waals surface area contributed by atoms with Gasteiger partial charge in [-0.05, 0) is 17.1 Å². The number of pyridine rings is 1. The molecule has 0 amide bonds. The largest absolute Gasteiger partial charge is 0.490 e. The number of hydrogen-bond donors (Lipinski definition) is 1. The first kappa shape index (κ1) is 12.2. The number of halogens is 1. The number of nitrogens with zero attached hydrogens (tertiary/aromatic N) is 5. The van der Waals surface area contributed by atoms with E-state index < -0.39 is 10.9 Å². The van der Waals surface area contributed by atoms with Gasteiger partial charge in [0.1, 0.15) is 12.4 Å². The fourth-order valence-corrected chi connectivity index (χ4v) is 1.50. The van der Waals surface area contributed by atoms with Crippen LogP contribution in [0.15, 0.2) is 18.5 Å². The van der Waals surface area contributed by atoms with Gasteiger partial charge in [0.05, 0.1) is 10.7 Å². The van der Waals surface area contributed by atoms with Crippen LogP contribution < -0.4 is 5.32 Å². The summed E-state index contributed by atoms with van der Waals surface area (Å²) in [5.74, 6) is 0.208. The predicted octanol–water partition coefficient (Wildman–Crippen LogP) is 1.32. The SMILES string of the molecule is CNc1ccc(Cl)c(Cn2cnc([N+](=O)[O-])n2)n1. The second-order valence-corrected chi connectivity index (χ2v) is 3.78. The molecule has 0 fully saturated rings. The molecule has 2 rings (SSSR count). The van der Waals surface area contributed by atoms with E-state index in [0.29, 0.717) is 16.5 Å². The van der Waals surface area contributed by atoms with Crippen LogP contribution in [0.4, 0.5) is 11.8 Å². The molecular formula is C9H9ClN6O2. The van der Waals surface area contributed by atoms with E-state index in [9.17, 15) is 10.1 Å². The van der Waals surface area contributed by atoms with Crippen molar-refractivity contribution in [3.63, 3.8) is 0 Å². The lowest BCUT2D eigenvalue weighted by Gasteiger charge is -2.04. The number of aromatic nitrogens is 4. The van der Waals surface area contributed by atoms with Crippen LogP contribution in [0.25, 0.3) is 0 Å². The minimum Gasteiger partial charge on any atom is -0.390 e. The molecule has 0 aliphatic carbocycles. The highest BCUT2D eigenvalue weighted by Gasteiger charge is 2.14. The standard InChI is InChI=1S/C9H9ClN6O2/c1-11-8-3-2-6(10)7(13-8)4-15-5-12-9(14-15)16(17)18/h2-3,5H,4H2,1H3,(H,11,13). The van der Waals surface area contributed by atoms with Crippen LogP contribution in [0.3, 0.4) is 0 Å². The second-order valence-electron chi connectivity index (χ2n) is 3.37. The van der Waals surface area contributed by atoms with Crippen molar-refractivity contribution < 1.29 is 4.92 Å². The Morgan fingerprint density at radius 1 is 1.56 bits per heavy atom. The van der Waals surface area contributed by atoms with Gasteiger partial charge in [-0.1, -0.05) is 16.6 Å². The van der Waals surface area contributed by atoms with Gasteiger partial charge in [-0.25, -0.2) is 4.98 Å². The Kier molecular flexibility index (Phi) is 3.38. The lowest BCUT2D eigenvalue weighted by molar-refractivity contribution is -0.394. The average molecular weight is 269 g/mol. The molecule has 8 nitrogen and oxygen atoms in total. The molecular weight excluding hydrogens is 260 g/mol. The molecule has 0 spiro atoms. The lowest BCUT2D eigenvalue weighted by Crippen LogP contribution is -2.05. The summed E-state index contributed by atoms with van der Waals surface area (Å²) >= 11 is 5.99. The van der Waals surface area contributed by atoms with E-state index in [1.807, 2.05) is 0 Å². The van der Waals surface area contributed by atoms with Crippen LogP contribution in [0, 0.1) is 10.1 Å².